The maximum Gasteiger partial charge on any atom is 0.433 e. The van der Waals surface area contributed by atoms with Crippen LogP contribution in [0.2, 0.25) is 5.15 Å². The molecule has 0 saturated heterocycles. The minimum absolute atomic E-state index is 0.108. The first-order valence-electron chi connectivity index (χ1n) is 7.51. The highest BCUT2D eigenvalue weighted by atomic mass is 127. The van der Waals surface area contributed by atoms with E-state index in [4.69, 9.17) is 11.6 Å². The number of carbonyl (C=O) groups excluding carboxylic acids is 1. The zero-order valence-corrected chi connectivity index (χ0v) is 17.5. The second kappa shape index (κ2) is 8.14. The first-order chi connectivity index (χ1) is 13.5. The van der Waals surface area contributed by atoms with Crippen LogP contribution >= 0.6 is 45.5 Å². The van der Waals surface area contributed by atoms with Gasteiger partial charge in [0.15, 0.2) is 10.1 Å². The van der Waals surface area contributed by atoms with Gasteiger partial charge in [-0.2, -0.15) is 18.3 Å². The van der Waals surface area contributed by atoms with E-state index in [9.17, 15) is 31.5 Å². The van der Waals surface area contributed by atoms with Gasteiger partial charge in [0.1, 0.15) is 16.3 Å². The number of nitrogens with zero attached hydrogens (tertiary/aromatic N) is 4. The smallest absolute Gasteiger partial charge is 0.342 e. The Kier molecular flexibility index (Phi) is 6.14. The van der Waals surface area contributed by atoms with E-state index >= 15 is 0 Å². The highest BCUT2D eigenvalue weighted by molar-refractivity contribution is 14.1. The first kappa shape index (κ1) is 21.9. The standard InChI is InChI=1S/C14H8ClF5IN5O2S/c15-7-2-6(14(18,19)20)25(24-7)3-5-1-8(27)26-9(12(28)22-4-21)10(11(16)17)29-13(26)23-5/h1-2,11H,3-4H2,(H,22,28). The molecule has 7 nitrogen and oxygen atoms in total. The second-order valence-electron chi connectivity index (χ2n) is 5.47. The summed E-state index contributed by atoms with van der Waals surface area (Å²) in [4.78, 5) is 27.6. The molecule has 156 valence electrons. The van der Waals surface area contributed by atoms with Crippen LogP contribution in [0.1, 0.15) is 33.2 Å². The van der Waals surface area contributed by atoms with Gasteiger partial charge >= 0.3 is 6.18 Å². The quantitative estimate of drug-likeness (QED) is 0.221. The lowest BCUT2D eigenvalue weighted by Crippen LogP contribution is -2.28. The number of nitrogens with one attached hydrogen (secondary N) is 1. The molecule has 1 N–H and O–H groups in total. The number of thiazole rings is 1. The summed E-state index contributed by atoms with van der Waals surface area (Å²) in [6.07, 6.45) is -7.81. The molecule has 3 aromatic rings. The van der Waals surface area contributed by atoms with Crippen LogP contribution in [0, 0.1) is 0 Å². The highest BCUT2D eigenvalue weighted by Gasteiger charge is 2.36. The Balaban J connectivity index is 2.12. The van der Waals surface area contributed by atoms with Gasteiger partial charge in [0.25, 0.3) is 17.9 Å². The monoisotopic (exact) mass is 567 g/mol. The van der Waals surface area contributed by atoms with E-state index in [-0.39, 0.29) is 15.2 Å². The average molecular weight is 568 g/mol. The molecular weight excluding hydrogens is 560 g/mol. The lowest BCUT2D eigenvalue weighted by Gasteiger charge is -2.10. The van der Waals surface area contributed by atoms with Crippen LogP contribution in [0.15, 0.2) is 16.9 Å². The largest absolute Gasteiger partial charge is 0.433 e. The lowest BCUT2D eigenvalue weighted by atomic mass is 10.3. The summed E-state index contributed by atoms with van der Waals surface area (Å²) >= 11 is 7.73. The van der Waals surface area contributed by atoms with Gasteiger partial charge in [-0.3, -0.25) is 14.3 Å². The Hall–Kier alpha value is -1.81. The normalized spacial score (nSPS) is 12.1. The molecule has 0 aliphatic rings. The molecule has 3 heterocycles. The number of amides is 1. The number of hydrogen-bond acceptors (Lipinski definition) is 5. The number of rotatable bonds is 5. The molecule has 0 spiro atoms. The van der Waals surface area contributed by atoms with Crippen molar-refractivity contribution in [2.75, 3.05) is 4.55 Å². The Bertz CT molecular complexity index is 1140. The predicted octanol–water partition coefficient (Wildman–Crippen LogP) is 3.73. The number of fused-ring (bicyclic) bond motifs is 1. The van der Waals surface area contributed by atoms with Crippen molar-refractivity contribution in [3.05, 3.63) is 49.6 Å². The number of halogens is 7. The van der Waals surface area contributed by atoms with Crippen molar-refractivity contribution in [3.8, 4) is 0 Å². The van der Waals surface area contributed by atoms with Gasteiger partial charge in [0, 0.05) is 12.1 Å². The average Bonchev–Trinajstić information content (AvgIpc) is 3.16. The van der Waals surface area contributed by atoms with Crippen LogP contribution in [0.25, 0.3) is 4.96 Å². The SMILES string of the molecule is O=C(NCI)c1c(C(F)F)sc2nc(Cn3nc(Cl)cc3C(F)(F)F)cc(=O)n12. The second-order valence-corrected chi connectivity index (χ2v) is 7.63. The molecule has 15 heteroatoms. The topological polar surface area (TPSA) is 81.3 Å². The fourth-order valence-electron chi connectivity index (χ4n) is 2.51. The van der Waals surface area contributed by atoms with Crippen LogP contribution < -0.4 is 10.9 Å². The van der Waals surface area contributed by atoms with E-state index in [0.29, 0.717) is 26.5 Å². The van der Waals surface area contributed by atoms with Crippen molar-refractivity contribution >= 4 is 56.4 Å². The first-order valence-corrected chi connectivity index (χ1v) is 10.2. The van der Waals surface area contributed by atoms with Gasteiger partial charge in [-0.05, 0) is 0 Å². The van der Waals surface area contributed by atoms with E-state index in [1.807, 2.05) is 0 Å². The molecule has 3 rings (SSSR count). The molecule has 29 heavy (non-hydrogen) atoms. The summed E-state index contributed by atoms with van der Waals surface area (Å²) in [7, 11) is 0. The van der Waals surface area contributed by atoms with Gasteiger partial charge < -0.3 is 5.32 Å². The summed E-state index contributed by atoms with van der Waals surface area (Å²) in [5.74, 6) is -0.893. The van der Waals surface area contributed by atoms with E-state index in [1.165, 1.54) is 0 Å². The van der Waals surface area contributed by atoms with Crippen LogP contribution in [-0.4, -0.2) is 29.6 Å². The maximum absolute atomic E-state index is 13.4. The van der Waals surface area contributed by atoms with E-state index in [2.05, 4.69) is 15.4 Å². The molecular formula is C14H8ClF5IN5O2S. The third kappa shape index (κ3) is 4.37. The molecule has 1 amide bonds. The molecule has 3 aromatic heterocycles. The van der Waals surface area contributed by atoms with Crippen LogP contribution in [0.4, 0.5) is 22.0 Å². The van der Waals surface area contributed by atoms with Crippen molar-refractivity contribution < 1.29 is 26.7 Å². The van der Waals surface area contributed by atoms with E-state index in [0.717, 1.165) is 6.07 Å². The Morgan fingerprint density at radius 2 is 2.03 bits per heavy atom. The summed E-state index contributed by atoms with van der Waals surface area (Å²) in [5, 5.41) is 5.43. The summed E-state index contributed by atoms with van der Waals surface area (Å²) in [6, 6.07) is 1.46. The molecule has 0 aliphatic carbocycles. The van der Waals surface area contributed by atoms with Crippen molar-refractivity contribution in [3.63, 3.8) is 0 Å². The number of aromatic nitrogens is 4. The van der Waals surface area contributed by atoms with Crippen LogP contribution in [-0.2, 0) is 12.7 Å². The molecule has 0 unspecified atom stereocenters. The van der Waals surface area contributed by atoms with Crippen LogP contribution in [0.3, 0.4) is 0 Å². The maximum atomic E-state index is 13.4. The lowest BCUT2D eigenvalue weighted by molar-refractivity contribution is -0.144. The van der Waals surface area contributed by atoms with Crippen molar-refractivity contribution in [1.82, 2.24) is 24.5 Å². The summed E-state index contributed by atoms with van der Waals surface area (Å²) in [6.45, 7) is -0.579. The fraction of sp³-hybridized carbons (Fsp3) is 0.286. The number of carbonyl (C=O) groups is 1. The summed E-state index contributed by atoms with van der Waals surface area (Å²) < 4.78 is 67.3. The molecule has 0 atom stereocenters. The summed E-state index contributed by atoms with van der Waals surface area (Å²) in [5.41, 5.74) is -2.77. The Morgan fingerprint density at radius 1 is 1.34 bits per heavy atom. The van der Waals surface area contributed by atoms with Gasteiger partial charge in [-0.15, -0.1) is 0 Å². The molecule has 0 aromatic carbocycles. The molecule has 0 saturated carbocycles. The Morgan fingerprint density at radius 3 is 2.62 bits per heavy atom. The number of hydrogen-bond donors (Lipinski definition) is 1. The third-order valence-corrected chi connectivity index (χ3v) is 5.21. The van der Waals surface area contributed by atoms with Crippen molar-refractivity contribution in [2.24, 2.45) is 0 Å². The van der Waals surface area contributed by atoms with Gasteiger partial charge in [-0.1, -0.05) is 45.5 Å². The predicted molar refractivity (Wildman–Crippen MR) is 102 cm³/mol. The van der Waals surface area contributed by atoms with Crippen molar-refractivity contribution in [2.45, 2.75) is 19.1 Å². The van der Waals surface area contributed by atoms with Gasteiger partial charge in [-0.25, -0.2) is 18.2 Å². The zero-order chi connectivity index (χ0) is 21.5. The van der Waals surface area contributed by atoms with Crippen molar-refractivity contribution in [1.29, 1.82) is 0 Å². The zero-order valence-electron chi connectivity index (χ0n) is 13.8. The highest BCUT2D eigenvalue weighted by Crippen LogP contribution is 2.32. The molecule has 0 bridgehead atoms. The van der Waals surface area contributed by atoms with E-state index in [1.54, 1.807) is 22.6 Å². The van der Waals surface area contributed by atoms with Crippen LogP contribution in [0.5, 0.6) is 0 Å². The van der Waals surface area contributed by atoms with Gasteiger partial charge in [0.2, 0.25) is 0 Å². The molecule has 0 fully saturated rings. The Labute approximate surface area is 180 Å². The number of alkyl halides is 6. The third-order valence-electron chi connectivity index (χ3n) is 3.59. The fourth-order valence-corrected chi connectivity index (χ4v) is 4.05. The van der Waals surface area contributed by atoms with Gasteiger partial charge in [0.05, 0.1) is 16.8 Å². The minimum atomic E-state index is -4.75. The minimum Gasteiger partial charge on any atom is -0.342 e. The molecule has 0 radical (unpaired) electrons. The van der Waals surface area contributed by atoms with E-state index < -0.39 is 52.0 Å². The molecule has 0 aliphatic heterocycles.